The molecule has 0 aromatic rings. The van der Waals surface area contributed by atoms with Gasteiger partial charge < -0.3 is 10.6 Å². The van der Waals surface area contributed by atoms with Crippen LogP contribution in [0.5, 0.6) is 0 Å². The molecule has 1 fully saturated rings. The minimum Gasteiger partial charge on any atom is -0.355 e. The predicted molar refractivity (Wildman–Crippen MR) is 94.5 cm³/mol. The second kappa shape index (κ2) is 8.29. The summed E-state index contributed by atoms with van der Waals surface area (Å²) < 4.78 is 0. The van der Waals surface area contributed by atoms with Gasteiger partial charge in [-0.25, -0.2) is 0 Å². The Balaban J connectivity index is 0.00000324. The third-order valence-electron chi connectivity index (χ3n) is 3.06. The third-order valence-corrected chi connectivity index (χ3v) is 3.06. The largest absolute Gasteiger partial charge is 0.355 e. The van der Waals surface area contributed by atoms with E-state index in [1.165, 1.54) is 12.8 Å². The fourth-order valence-electron chi connectivity index (χ4n) is 2.11. The number of halogens is 1. The summed E-state index contributed by atoms with van der Waals surface area (Å²) in [6.45, 7) is 13.0. The molecule has 0 unspecified atom stereocenters. The molecule has 114 valence electrons. The van der Waals surface area contributed by atoms with Crippen LogP contribution < -0.4 is 10.6 Å². The zero-order chi connectivity index (χ0) is 13.8. The Morgan fingerprint density at radius 2 is 1.89 bits per heavy atom. The Morgan fingerprint density at radius 1 is 1.32 bits per heavy atom. The molecule has 4 nitrogen and oxygen atoms in total. The lowest BCUT2D eigenvalue weighted by Gasteiger charge is -2.28. The van der Waals surface area contributed by atoms with Crippen LogP contribution in [0.3, 0.4) is 0 Å². The molecule has 0 bridgehead atoms. The van der Waals surface area contributed by atoms with Gasteiger partial charge in [-0.05, 0) is 47.5 Å². The van der Waals surface area contributed by atoms with Gasteiger partial charge in [-0.2, -0.15) is 0 Å². The van der Waals surface area contributed by atoms with Crippen molar-refractivity contribution >= 4 is 29.9 Å². The van der Waals surface area contributed by atoms with Crippen LogP contribution in [0.4, 0.5) is 0 Å². The van der Waals surface area contributed by atoms with Gasteiger partial charge in [0, 0.05) is 37.8 Å². The van der Waals surface area contributed by atoms with Crippen molar-refractivity contribution in [2.75, 3.05) is 20.1 Å². The molecule has 1 aliphatic rings. The Morgan fingerprint density at radius 3 is 2.26 bits per heavy atom. The molecule has 1 aliphatic carbocycles. The summed E-state index contributed by atoms with van der Waals surface area (Å²) >= 11 is 0. The van der Waals surface area contributed by atoms with Crippen LogP contribution in [0, 0.1) is 0 Å². The quantitative estimate of drug-likeness (QED) is 0.436. The Hall–Kier alpha value is -0.0400. The monoisotopic (exact) mass is 382 g/mol. The number of guanidine groups is 1. The summed E-state index contributed by atoms with van der Waals surface area (Å²) in [6.07, 6.45) is 2.74. The lowest BCUT2D eigenvalue weighted by atomic mass is 10.1. The van der Waals surface area contributed by atoms with Crippen LogP contribution in [-0.4, -0.2) is 48.6 Å². The van der Waals surface area contributed by atoms with E-state index in [2.05, 4.69) is 55.1 Å². The first kappa shape index (κ1) is 19.0. The van der Waals surface area contributed by atoms with Crippen molar-refractivity contribution in [1.29, 1.82) is 0 Å². The molecular formula is C14H31IN4. The molecule has 0 radical (unpaired) electrons. The van der Waals surface area contributed by atoms with E-state index in [-0.39, 0.29) is 29.5 Å². The topological polar surface area (TPSA) is 39.7 Å². The zero-order valence-corrected chi connectivity index (χ0v) is 15.6. The van der Waals surface area contributed by atoms with Gasteiger partial charge in [-0.3, -0.25) is 9.89 Å². The first-order valence-corrected chi connectivity index (χ1v) is 7.08. The van der Waals surface area contributed by atoms with Gasteiger partial charge >= 0.3 is 0 Å². The van der Waals surface area contributed by atoms with Crippen LogP contribution >= 0.6 is 24.0 Å². The molecule has 0 saturated heterocycles. The summed E-state index contributed by atoms with van der Waals surface area (Å²) in [5.74, 6) is 0.891. The highest BCUT2D eigenvalue weighted by Crippen LogP contribution is 2.27. The second-order valence-electron chi connectivity index (χ2n) is 6.44. The van der Waals surface area contributed by atoms with Gasteiger partial charge in [0.15, 0.2) is 5.96 Å². The summed E-state index contributed by atoms with van der Waals surface area (Å²) in [6, 6.07) is 1.46. The fourth-order valence-corrected chi connectivity index (χ4v) is 2.11. The standard InChI is InChI=1S/C14H30N4.HI/c1-11(2)18(12-7-8-12)10-9-16-13(15-6)17-14(3,4)5;/h11-12H,7-10H2,1-6H3,(H2,15,16,17);1H. The van der Waals surface area contributed by atoms with Gasteiger partial charge in [0.1, 0.15) is 0 Å². The van der Waals surface area contributed by atoms with Crippen molar-refractivity contribution in [2.45, 2.75) is 65.1 Å². The lowest BCUT2D eigenvalue weighted by Crippen LogP contribution is -2.49. The average Bonchev–Trinajstić information content (AvgIpc) is 3.04. The fraction of sp³-hybridized carbons (Fsp3) is 0.929. The minimum atomic E-state index is 0. The van der Waals surface area contributed by atoms with Crippen LogP contribution in [0.1, 0.15) is 47.5 Å². The number of nitrogens with one attached hydrogen (secondary N) is 2. The van der Waals surface area contributed by atoms with E-state index in [4.69, 9.17) is 0 Å². The highest BCUT2D eigenvalue weighted by atomic mass is 127. The smallest absolute Gasteiger partial charge is 0.191 e. The van der Waals surface area contributed by atoms with Gasteiger partial charge in [0.25, 0.3) is 0 Å². The number of nitrogens with zero attached hydrogens (tertiary/aromatic N) is 2. The molecule has 0 heterocycles. The maximum Gasteiger partial charge on any atom is 0.191 e. The molecule has 0 aliphatic heterocycles. The van der Waals surface area contributed by atoms with E-state index in [0.717, 1.165) is 25.1 Å². The predicted octanol–water partition coefficient (Wildman–Crippen LogP) is 2.44. The maximum atomic E-state index is 4.25. The number of aliphatic imine (C=N–C) groups is 1. The molecule has 1 saturated carbocycles. The van der Waals surface area contributed by atoms with Crippen LogP contribution in [-0.2, 0) is 0 Å². The second-order valence-corrected chi connectivity index (χ2v) is 6.44. The average molecular weight is 382 g/mol. The normalized spacial score (nSPS) is 16.5. The molecule has 0 aromatic heterocycles. The van der Waals surface area contributed by atoms with Gasteiger partial charge in [0.2, 0.25) is 0 Å². The number of hydrogen-bond acceptors (Lipinski definition) is 2. The lowest BCUT2D eigenvalue weighted by molar-refractivity contribution is 0.215. The Kier molecular flexibility index (Phi) is 8.27. The Labute approximate surface area is 135 Å². The van der Waals surface area contributed by atoms with E-state index >= 15 is 0 Å². The van der Waals surface area contributed by atoms with Crippen molar-refractivity contribution in [2.24, 2.45) is 4.99 Å². The van der Waals surface area contributed by atoms with Crippen LogP contribution in [0.2, 0.25) is 0 Å². The first-order valence-electron chi connectivity index (χ1n) is 7.08. The Bertz CT molecular complexity index is 278. The van der Waals surface area contributed by atoms with E-state index in [0.29, 0.717) is 6.04 Å². The molecule has 19 heavy (non-hydrogen) atoms. The van der Waals surface area contributed by atoms with Crippen molar-refractivity contribution in [3.63, 3.8) is 0 Å². The molecular weight excluding hydrogens is 351 g/mol. The zero-order valence-electron chi connectivity index (χ0n) is 13.3. The molecule has 5 heteroatoms. The maximum absolute atomic E-state index is 4.25. The summed E-state index contributed by atoms with van der Waals surface area (Å²) in [5.41, 5.74) is 0.0517. The van der Waals surface area contributed by atoms with Crippen molar-refractivity contribution in [3.05, 3.63) is 0 Å². The summed E-state index contributed by atoms with van der Waals surface area (Å²) in [5, 5.41) is 6.77. The summed E-state index contributed by atoms with van der Waals surface area (Å²) in [7, 11) is 1.82. The van der Waals surface area contributed by atoms with E-state index in [1.54, 1.807) is 0 Å². The van der Waals surface area contributed by atoms with Gasteiger partial charge in [0.05, 0.1) is 0 Å². The van der Waals surface area contributed by atoms with E-state index in [9.17, 15) is 0 Å². The van der Waals surface area contributed by atoms with Gasteiger partial charge in [-0.15, -0.1) is 24.0 Å². The number of rotatable bonds is 5. The van der Waals surface area contributed by atoms with Crippen molar-refractivity contribution in [3.8, 4) is 0 Å². The first-order chi connectivity index (χ1) is 8.33. The molecule has 0 atom stereocenters. The highest BCUT2D eigenvalue weighted by Gasteiger charge is 2.30. The molecule has 0 spiro atoms. The molecule has 0 aromatic carbocycles. The highest BCUT2D eigenvalue weighted by molar-refractivity contribution is 14.0. The molecule has 0 amide bonds. The van der Waals surface area contributed by atoms with Gasteiger partial charge in [-0.1, -0.05) is 0 Å². The minimum absolute atomic E-state index is 0. The molecule has 2 N–H and O–H groups in total. The van der Waals surface area contributed by atoms with E-state index in [1.807, 2.05) is 7.05 Å². The van der Waals surface area contributed by atoms with E-state index < -0.39 is 0 Å². The summed E-state index contributed by atoms with van der Waals surface area (Å²) in [4.78, 5) is 6.83. The SMILES string of the molecule is CN=C(NCCN(C(C)C)C1CC1)NC(C)(C)C.I. The third kappa shape index (κ3) is 7.97. The van der Waals surface area contributed by atoms with Crippen molar-refractivity contribution in [1.82, 2.24) is 15.5 Å². The van der Waals surface area contributed by atoms with Crippen LogP contribution in [0.15, 0.2) is 4.99 Å². The number of hydrogen-bond donors (Lipinski definition) is 2. The molecule has 1 rings (SSSR count). The van der Waals surface area contributed by atoms with Crippen molar-refractivity contribution < 1.29 is 0 Å². The van der Waals surface area contributed by atoms with Crippen LogP contribution in [0.25, 0.3) is 0 Å².